The van der Waals surface area contributed by atoms with Gasteiger partial charge in [0, 0.05) is 20.6 Å². The van der Waals surface area contributed by atoms with E-state index in [2.05, 4.69) is 34.1 Å². The third-order valence-corrected chi connectivity index (χ3v) is 3.02. The van der Waals surface area contributed by atoms with Crippen LogP contribution in [0.4, 0.5) is 5.82 Å². The van der Waals surface area contributed by atoms with Crippen LogP contribution in [0.2, 0.25) is 0 Å². The molecule has 0 amide bonds. The van der Waals surface area contributed by atoms with Crippen molar-refractivity contribution in [2.75, 3.05) is 39.1 Å². The van der Waals surface area contributed by atoms with E-state index in [1.54, 1.807) is 4.68 Å². The van der Waals surface area contributed by atoms with Crippen molar-refractivity contribution in [3.05, 3.63) is 11.3 Å². The van der Waals surface area contributed by atoms with E-state index >= 15 is 0 Å². The fourth-order valence-electron chi connectivity index (χ4n) is 2.16. The van der Waals surface area contributed by atoms with Crippen LogP contribution >= 0.6 is 0 Å². The van der Waals surface area contributed by atoms with Gasteiger partial charge in [0.25, 0.3) is 0 Å². The summed E-state index contributed by atoms with van der Waals surface area (Å²) >= 11 is 0. The van der Waals surface area contributed by atoms with Crippen LogP contribution in [0, 0.1) is 6.92 Å². The Bertz CT molecular complexity index is 451. The first kappa shape index (κ1) is 15.3. The zero-order chi connectivity index (χ0) is 14.6. The van der Waals surface area contributed by atoms with E-state index in [0.29, 0.717) is 5.56 Å². The molecule has 0 spiro atoms. The number of nitrogens with zero attached hydrogens (tertiary/aromatic N) is 5. The summed E-state index contributed by atoms with van der Waals surface area (Å²) in [5.74, 6) is 0.964. The summed E-state index contributed by atoms with van der Waals surface area (Å²) in [4.78, 5) is 4.23. The largest absolute Gasteiger partial charge is 0.409 e. The number of hydrogen-bond donors (Lipinski definition) is 2. The lowest BCUT2D eigenvalue weighted by molar-refractivity contribution is 0.318. The van der Waals surface area contributed by atoms with Gasteiger partial charge in [-0.15, -0.1) is 0 Å². The number of oxime groups is 1. The summed E-state index contributed by atoms with van der Waals surface area (Å²) in [6, 6.07) is 0. The lowest BCUT2D eigenvalue weighted by Gasteiger charge is -2.21. The number of anilines is 1. The summed E-state index contributed by atoms with van der Waals surface area (Å²) < 4.78 is 1.76. The summed E-state index contributed by atoms with van der Waals surface area (Å²) in [7, 11) is 7.95. The molecule has 0 unspecified atom stereocenters. The first-order chi connectivity index (χ1) is 8.88. The fourth-order valence-corrected chi connectivity index (χ4v) is 2.16. The highest BCUT2D eigenvalue weighted by Crippen LogP contribution is 2.22. The van der Waals surface area contributed by atoms with E-state index in [4.69, 9.17) is 10.9 Å². The number of amidine groups is 1. The van der Waals surface area contributed by atoms with Crippen molar-refractivity contribution in [1.82, 2.24) is 14.7 Å². The smallest absolute Gasteiger partial charge is 0.175 e. The van der Waals surface area contributed by atoms with E-state index in [1.807, 2.05) is 21.0 Å². The van der Waals surface area contributed by atoms with Gasteiger partial charge in [-0.25, -0.2) is 0 Å². The molecule has 0 aliphatic carbocycles. The van der Waals surface area contributed by atoms with Crippen LogP contribution in [-0.2, 0) is 7.05 Å². The highest BCUT2D eigenvalue weighted by atomic mass is 16.4. The number of hydrogen-bond acceptors (Lipinski definition) is 5. The molecule has 0 aliphatic heterocycles. The first-order valence-electron chi connectivity index (χ1n) is 6.25. The van der Waals surface area contributed by atoms with Gasteiger partial charge >= 0.3 is 0 Å². The summed E-state index contributed by atoms with van der Waals surface area (Å²) in [5.41, 5.74) is 7.18. The van der Waals surface area contributed by atoms with Crippen LogP contribution in [0.5, 0.6) is 0 Å². The van der Waals surface area contributed by atoms with Gasteiger partial charge in [0.1, 0.15) is 5.82 Å². The molecule has 0 aromatic carbocycles. The molecular weight excluding hydrogens is 244 g/mol. The van der Waals surface area contributed by atoms with E-state index in [9.17, 15) is 0 Å². The summed E-state index contributed by atoms with van der Waals surface area (Å²) in [5, 5.41) is 16.3. The predicted octanol–water partition coefficient (Wildman–Crippen LogP) is 0.211. The number of aromatic nitrogens is 2. The Balaban J connectivity index is 2.93. The first-order valence-corrected chi connectivity index (χ1v) is 6.25. The maximum Gasteiger partial charge on any atom is 0.175 e. The zero-order valence-corrected chi connectivity index (χ0v) is 12.4. The third-order valence-electron chi connectivity index (χ3n) is 3.02. The minimum Gasteiger partial charge on any atom is -0.409 e. The van der Waals surface area contributed by atoms with Crippen LogP contribution in [0.3, 0.4) is 0 Å². The molecule has 0 saturated carbocycles. The minimum atomic E-state index is 0.0973. The number of nitrogens with two attached hydrogens (primary N) is 1. The van der Waals surface area contributed by atoms with Gasteiger partial charge in [0.15, 0.2) is 5.84 Å². The van der Waals surface area contributed by atoms with E-state index in [-0.39, 0.29) is 5.84 Å². The predicted molar refractivity (Wildman–Crippen MR) is 76.9 cm³/mol. The maximum atomic E-state index is 8.88. The maximum absolute atomic E-state index is 8.88. The fraction of sp³-hybridized carbons (Fsp3) is 0.667. The Morgan fingerprint density at radius 1 is 1.37 bits per heavy atom. The Labute approximate surface area is 114 Å². The second-order valence-electron chi connectivity index (χ2n) is 4.97. The molecule has 1 aromatic rings. The van der Waals surface area contributed by atoms with Crippen LogP contribution < -0.4 is 10.6 Å². The lowest BCUT2D eigenvalue weighted by atomic mass is 10.2. The molecule has 0 atom stereocenters. The van der Waals surface area contributed by atoms with Gasteiger partial charge in [-0.2, -0.15) is 5.10 Å². The van der Waals surface area contributed by atoms with Crippen molar-refractivity contribution in [2.24, 2.45) is 17.9 Å². The highest BCUT2D eigenvalue weighted by Gasteiger charge is 2.20. The third kappa shape index (κ3) is 3.60. The lowest BCUT2D eigenvalue weighted by Crippen LogP contribution is -2.27. The SMILES string of the molecule is Cc1nn(C)c(N(C)CCCN(C)C)c1C(N)=NO. The van der Waals surface area contributed by atoms with Crippen LogP contribution in [0.15, 0.2) is 5.16 Å². The van der Waals surface area contributed by atoms with E-state index in [1.165, 1.54) is 0 Å². The highest BCUT2D eigenvalue weighted by molar-refractivity contribution is 6.02. The monoisotopic (exact) mass is 268 g/mol. The molecule has 0 radical (unpaired) electrons. The normalized spacial score (nSPS) is 12.2. The quantitative estimate of drug-likeness (QED) is 0.333. The van der Waals surface area contributed by atoms with Crippen molar-refractivity contribution < 1.29 is 5.21 Å². The number of rotatable bonds is 6. The second kappa shape index (κ2) is 6.42. The van der Waals surface area contributed by atoms with Gasteiger partial charge in [0.2, 0.25) is 0 Å². The van der Waals surface area contributed by atoms with Gasteiger partial charge in [-0.05, 0) is 34.0 Å². The van der Waals surface area contributed by atoms with Crippen LogP contribution in [-0.4, -0.2) is 60.0 Å². The minimum absolute atomic E-state index is 0.0973. The van der Waals surface area contributed by atoms with Crippen molar-refractivity contribution in [2.45, 2.75) is 13.3 Å². The average molecular weight is 268 g/mol. The van der Waals surface area contributed by atoms with E-state index in [0.717, 1.165) is 31.0 Å². The average Bonchev–Trinajstić information content (AvgIpc) is 2.62. The standard InChI is InChI=1S/C12H24N6O/c1-9-10(11(13)15-19)12(18(5)14-9)17(4)8-6-7-16(2)3/h19H,6-8H2,1-5H3,(H2,13,15). The Morgan fingerprint density at radius 3 is 2.53 bits per heavy atom. The van der Waals surface area contributed by atoms with Crippen molar-refractivity contribution in [3.63, 3.8) is 0 Å². The molecular formula is C12H24N6O. The summed E-state index contributed by atoms with van der Waals surface area (Å²) in [6.07, 6.45) is 1.03. The Kier molecular flexibility index (Phi) is 5.17. The topological polar surface area (TPSA) is 82.9 Å². The molecule has 1 aromatic heterocycles. The van der Waals surface area contributed by atoms with Gasteiger partial charge in [0.05, 0.1) is 11.3 Å². The van der Waals surface area contributed by atoms with E-state index < -0.39 is 0 Å². The molecule has 108 valence electrons. The molecule has 0 fully saturated rings. The van der Waals surface area contributed by atoms with Gasteiger partial charge < -0.3 is 20.7 Å². The molecule has 1 heterocycles. The summed E-state index contributed by atoms with van der Waals surface area (Å²) in [6.45, 7) is 3.74. The molecule has 19 heavy (non-hydrogen) atoms. The van der Waals surface area contributed by atoms with Gasteiger partial charge in [-0.3, -0.25) is 4.68 Å². The Morgan fingerprint density at radius 2 is 2.00 bits per heavy atom. The van der Waals surface area contributed by atoms with Crippen LogP contribution in [0.25, 0.3) is 0 Å². The molecule has 7 heteroatoms. The van der Waals surface area contributed by atoms with Crippen molar-refractivity contribution in [1.29, 1.82) is 0 Å². The molecule has 1 rings (SSSR count). The zero-order valence-electron chi connectivity index (χ0n) is 12.4. The molecule has 7 nitrogen and oxygen atoms in total. The molecule has 0 saturated heterocycles. The number of aryl methyl sites for hydroxylation is 2. The van der Waals surface area contributed by atoms with Crippen molar-refractivity contribution >= 4 is 11.7 Å². The van der Waals surface area contributed by atoms with Crippen molar-refractivity contribution in [3.8, 4) is 0 Å². The molecule has 0 bridgehead atoms. The molecule has 3 N–H and O–H groups in total. The van der Waals surface area contributed by atoms with Crippen LogP contribution in [0.1, 0.15) is 17.7 Å². The Hall–Kier alpha value is -1.76. The second-order valence-corrected chi connectivity index (χ2v) is 4.97. The molecule has 0 aliphatic rings. The van der Waals surface area contributed by atoms with Gasteiger partial charge in [-0.1, -0.05) is 5.16 Å².